The Labute approximate surface area is 258 Å². The molecule has 0 spiro atoms. The third-order valence-corrected chi connectivity index (χ3v) is 11.2. The maximum absolute atomic E-state index is 14.3. The van der Waals surface area contributed by atoms with E-state index in [9.17, 15) is 21.6 Å². The highest BCUT2D eigenvalue weighted by atomic mass is 32.2. The molecule has 0 aromatic heterocycles. The van der Waals surface area contributed by atoms with Crippen LogP contribution in [0.3, 0.4) is 0 Å². The molecule has 4 aromatic carbocycles. The van der Waals surface area contributed by atoms with Crippen LogP contribution in [0, 0.1) is 32.1 Å². The van der Waals surface area contributed by atoms with Crippen molar-refractivity contribution in [2.24, 2.45) is 0 Å². The molecule has 0 fully saturated rings. The smallest absolute Gasteiger partial charge is 0.244 e. The Morgan fingerprint density at radius 1 is 0.886 bits per heavy atom. The molecule has 1 atom stereocenters. The molecule has 1 unspecified atom stereocenters. The summed E-state index contributed by atoms with van der Waals surface area (Å²) in [4.78, 5) is 14.2. The van der Waals surface area contributed by atoms with Gasteiger partial charge in [-0.1, -0.05) is 60.2 Å². The van der Waals surface area contributed by atoms with E-state index in [0.717, 1.165) is 34.1 Å². The van der Waals surface area contributed by atoms with Gasteiger partial charge in [0.05, 0.1) is 21.4 Å². The van der Waals surface area contributed by atoms with Crippen molar-refractivity contribution in [3.63, 3.8) is 0 Å². The van der Waals surface area contributed by atoms with Crippen molar-refractivity contribution in [3.8, 4) is 17.2 Å². The first-order chi connectivity index (χ1) is 20.8. The highest BCUT2D eigenvalue weighted by molar-refractivity contribution is 7.90. The lowest BCUT2D eigenvalue weighted by atomic mass is 9.91. The molecule has 44 heavy (non-hydrogen) atoms. The van der Waals surface area contributed by atoms with E-state index < -0.39 is 31.8 Å². The number of nitriles is 1. The summed E-state index contributed by atoms with van der Waals surface area (Å²) in [5.41, 5.74) is 6.53. The topological polar surface area (TPSA) is 124 Å². The van der Waals surface area contributed by atoms with Gasteiger partial charge in [-0.2, -0.15) is 9.57 Å². The van der Waals surface area contributed by atoms with Crippen molar-refractivity contribution in [3.05, 3.63) is 118 Å². The fourth-order valence-electron chi connectivity index (χ4n) is 5.82. The van der Waals surface area contributed by atoms with E-state index in [4.69, 9.17) is 5.26 Å². The number of carbonyl (C=O) groups excluding carboxylic acids is 1. The lowest BCUT2D eigenvalue weighted by molar-refractivity contribution is -0.125. The highest BCUT2D eigenvalue weighted by Gasteiger charge is 2.41. The summed E-state index contributed by atoms with van der Waals surface area (Å²) in [6.45, 7) is 5.62. The first-order valence-electron chi connectivity index (χ1n) is 14.1. The Morgan fingerprint density at radius 2 is 1.55 bits per heavy atom. The Bertz CT molecular complexity index is 2010. The summed E-state index contributed by atoms with van der Waals surface area (Å²) < 4.78 is 54.2. The average Bonchev–Trinajstić information content (AvgIpc) is 2.98. The first-order valence-corrected chi connectivity index (χ1v) is 17.4. The summed E-state index contributed by atoms with van der Waals surface area (Å²) in [5.74, 6) is -0.435. The number of hydrogen-bond acceptors (Lipinski definition) is 6. The third-order valence-electron chi connectivity index (χ3n) is 7.91. The largest absolute Gasteiger partial charge is 0.351 e. The monoisotopic (exact) mass is 627 g/mol. The Balaban J connectivity index is 1.53. The van der Waals surface area contributed by atoms with Crippen molar-refractivity contribution in [2.45, 2.75) is 56.1 Å². The fourth-order valence-corrected chi connectivity index (χ4v) is 8.46. The standard InChI is InChI=1S/C34H33N3O5S2/c1-22-14-23(2)33(24(3)15-22)44(41,42)37-21-29-13-12-28(27-6-5-7-31(17-27)43(4,39)40)16-30(29)18-32(37)34(38)36-20-26-10-8-25(19-35)9-11-26/h5-17,32H,18,20-21H2,1-4H3,(H,36,38). The number of sulfone groups is 1. The van der Waals surface area contributed by atoms with Crippen molar-refractivity contribution in [1.29, 1.82) is 5.26 Å². The molecule has 1 heterocycles. The molecule has 8 nitrogen and oxygen atoms in total. The highest BCUT2D eigenvalue weighted by Crippen LogP contribution is 2.35. The summed E-state index contributed by atoms with van der Waals surface area (Å²) in [6.07, 6.45) is 1.30. The number of benzene rings is 4. The quantitative estimate of drug-likeness (QED) is 0.308. The molecule has 5 rings (SSSR count). The zero-order valence-electron chi connectivity index (χ0n) is 25.0. The molecule has 4 aromatic rings. The molecule has 0 saturated carbocycles. The van der Waals surface area contributed by atoms with Crippen LogP contribution in [0.5, 0.6) is 0 Å². The molecular formula is C34H33N3O5S2. The first kappa shape index (κ1) is 31.1. The van der Waals surface area contributed by atoms with Crippen LogP contribution in [-0.2, 0) is 44.2 Å². The third kappa shape index (κ3) is 6.31. The maximum atomic E-state index is 14.3. The van der Waals surface area contributed by atoms with Gasteiger partial charge in [-0.25, -0.2) is 16.8 Å². The van der Waals surface area contributed by atoms with E-state index in [-0.39, 0.29) is 29.3 Å². The van der Waals surface area contributed by atoms with E-state index in [1.165, 1.54) is 4.31 Å². The fraction of sp³-hybridized carbons (Fsp3) is 0.235. The zero-order valence-corrected chi connectivity index (χ0v) is 26.6. The molecule has 0 radical (unpaired) electrons. The van der Waals surface area contributed by atoms with Crippen molar-refractivity contribution >= 4 is 25.8 Å². The molecule has 1 amide bonds. The number of hydrogen-bond donors (Lipinski definition) is 1. The molecular weight excluding hydrogens is 595 g/mol. The molecule has 226 valence electrons. The molecule has 10 heteroatoms. The summed E-state index contributed by atoms with van der Waals surface area (Å²) in [5, 5.41) is 12.0. The Kier molecular flexibility index (Phi) is 8.49. The SMILES string of the molecule is Cc1cc(C)c(S(=O)(=O)N2Cc3ccc(-c4cccc(S(C)(=O)=O)c4)cc3CC2C(=O)NCc2ccc(C#N)cc2)c(C)c1. The van der Waals surface area contributed by atoms with Gasteiger partial charge in [0.2, 0.25) is 15.9 Å². The molecule has 0 bridgehead atoms. The average molecular weight is 628 g/mol. The predicted octanol–water partition coefficient (Wildman–Crippen LogP) is 4.99. The van der Waals surface area contributed by atoms with Crippen molar-refractivity contribution in [2.75, 3.05) is 6.26 Å². The van der Waals surface area contributed by atoms with E-state index in [1.807, 2.05) is 43.3 Å². The van der Waals surface area contributed by atoms with E-state index >= 15 is 0 Å². The minimum absolute atomic E-state index is 0.00301. The summed E-state index contributed by atoms with van der Waals surface area (Å²) in [6, 6.07) is 23.8. The lowest BCUT2D eigenvalue weighted by Crippen LogP contribution is -2.52. The Morgan fingerprint density at radius 3 is 2.18 bits per heavy atom. The van der Waals surface area contributed by atoms with Crippen LogP contribution in [-0.4, -0.2) is 39.3 Å². The number of carbonyl (C=O) groups is 1. The minimum Gasteiger partial charge on any atom is -0.351 e. The van der Waals surface area contributed by atoms with Gasteiger partial charge in [0.15, 0.2) is 9.84 Å². The number of aryl methyl sites for hydroxylation is 3. The van der Waals surface area contributed by atoms with Crippen LogP contribution in [0.4, 0.5) is 0 Å². The van der Waals surface area contributed by atoms with Gasteiger partial charge < -0.3 is 5.32 Å². The van der Waals surface area contributed by atoms with Crippen LogP contribution in [0.25, 0.3) is 11.1 Å². The summed E-state index contributed by atoms with van der Waals surface area (Å²) >= 11 is 0. The number of nitrogens with zero attached hydrogens (tertiary/aromatic N) is 2. The number of rotatable bonds is 7. The van der Waals surface area contributed by atoms with Crippen LogP contribution in [0.15, 0.2) is 88.7 Å². The van der Waals surface area contributed by atoms with Gasteiger partial charge in [0.1, 0.15) is 6.04 Å². The van der Waals surface area contributed by atoms with E-state index in [0.29, 0.717) is 22.3 Å². The van der Waals surface area contributed by atoms with Gasteiger partial charge in [-0.05, 0) is 90.4 Å². The number of nitrogens with one attached hydrogen (secondary N) is 1. The number of amides is 1. The zero-order chi connectivity index (χ0) is 31.8. The van der Waals surface area contributed by atoms with Crippen LogP contribution in [0.2, 0.25) is 0 Å². The normalized spacial score (nSPS) is 15.3. The van der Waals surface area contributed by atoms with Crippen LogP contribution >= 0.6 is 0 Å². The second-order valence-corrected chi connectivity index (χ2v) is 15.2. The molecule has 0 saturated heterocycles. The van der Waals surface area contributed by atoms with Crippen molar-refractivity contribution < 1.29 is 21.6 Å². The van der Waals surface area contributed by atoms with Crippen LogP contribution in [0.1, 0.15) is 38.9 Å². The number of sulfonamides is 1. The molecule has 1 aliphatic rings. The summed E-state index contributed by atoms with van der Waals surface area (Å²) in [7, 11) is -7.49. The van der Waals surface area contributed by atoms with Crippen LogP contribution < -0.4 is 5.32 Å². The molecule has 1 N–H and O–H groups in total. The van der Waals surface area contributed by atoms with Crippen molar-refractivity contribution in [1.82, 2.24) is 9.62 Å². The lowest BCUT2D eigenvalue weighted by Gasteiger charge is -2.36. The van der Waals surface area contributed by atoms with Gasteiger partial charge in [0.25, 0.3) is 0 Å². The van der Waals surface area contributed by atoms with Gasteiger partial charge in [-0.3, -0.25) is 4.79 Å². The van der Waals surface area contributed by atoms with Gasteiger partial charge in [0, 0.05) is 19.3 Å². The van der Waals surface area contributed by atoms with E-state index in [1.54, 1.807) is 56.3 Å². The molecule has 1 aliphatic heterocycles. The van der Waals surface area contributed by atoms with Gasteiger partial charge in [-0.15, -0.1) is 0 Å². The Hall–Kier alpha value is -4.30. The second kappa shape index (κ2) is 12.0. The number of fused-ring (bicyclic) bond motifs is 1. The second-order valence-electron chi connectivity index (χ2n) is 11.3. The predicted molar refractivity (Wildman–Crippen MR) is 169 cm³/mol. The molecule has 0 aliphatic carbocycles. The maximum Gasteiger partial charge on any atom is 0.244 e. The minimum atomic E-state index is -4.08. The van der Waals surface area contributed by atoms with E-state index in [2.05, 4.69) is 11.4 Å². The van der Waals surface area contributed by atoms with Gasteiger partial charge >= 0.3 is 0 Å².